The first kappa shape index (κ1) is 17.6. The van der Waals surface area contributed by atoms with Gasteiger partial charge in [0.05, 0.1) is 5.56 Å². The molecule has 1 fully saturated rings. The summed E-state index contributed by atoms with van der Waals surface area (Å²) >= 11 is 0. The Labute approximate surface area is 157 Å². The van der Waals surface area contributed by atoms with Crippen molar-refractivity contribution >= 4 is 17.4 Å². The van der Waals surface area contributed by atoms with E-state index in [0.717, 1.165) is 12.0 Å². The molecule has 1 aliphatic carbocycles. The lowest BCUT2D eigenvalue weighted by Gasteiger charge is -2.09. The number of aryl methyl sites for hydroxylation is 1. The van der Waals surface area contributed by atoms with E-state index in [0.29, 0.717) is 34.9 Å². The average molecular weight is 366 g/mol. The molecule has 0 bridgehead atoms. The van der Waals surface area contributed by atoms with Crippen LogP contribution < -0.4 is 5.32 Å². The molecule has 0 unspecified atom stereocenters. The van der Waals surface area contributed by atoms with Crippen LogP contribution in [0.1, 0.15) is 44.1 Å². The van der Waals surface area contributed by atoms with Crippen LogP contribution in [0, 0.1) is 18.7 Å². The van der Waals surface area contributed by atoms with Gasteiger partial charge in [0.25, 0.3) is 0 Å². The van der Waals surface area contributed by atoms with Crippen molar-refractivity contribution in [3.05, 3.63) is 48.0 Å². The molecular formula is C21H23FN4O. The number of hydrogen-bond acceptors (Lipinski definition) is 3. The van der Waals surface area contributed by atoms with Gasteiger partial charge in [-0.05, 0) is 48.6 Å². The molecule has 1 aromatic carbocycles. The molecule has 0 radical (unpaired) electrons. The van der Waals surface area contributed by atoms with Gasteiger partial charge in [-0.1, -0.05) is 31.7 Å². The van der Waals surface area contributed by atoms with E-state index in [1.54, 1.807) is 42.0 Å². The molecule has 140 valence electrons. The second-order valence-electron chi connectivity index (χ2n) is 7.31. The van der Waals surface area contributed by atoms with Crippen molar-refractivity contribution in [2.75, 3.05) is 5.32 Å². The van der Waals surface area contributed by atoms with Crippen LogP contribution in [0.3, 0.4) is 0 Å². The minimum atomic E-state index is -0.259. The van der Waals surface area contributed by atoms with Crippen LogP contribution in [0.2, 0.25) is 0 Å². The third kappa shape index (κ3) is 3.70. The van der Waals surface area contributed by atoms with Gasteiger partial charge in [-0.15, -0.1) is 5.10 Å². The number of benzene rings is 1. The Morgan fingerprint density at radius 2 is 2.15 bits per heavy atom. The van der Waals surface area contributed by atoms with Crippen molar-refractivity contribution < 1.29 is 9.18 Å². The summed E-state index contributed by atoms with van der Waals surface area (Å²) in [6.45, 7) is 1.72. The fourth-order valence-electron chi connectivity index (χ4n) is 3.87. The molecule has 2 heterocycles. The molecule has 0 saturated heterocycles. The van der Waals surface area contributed by atoms with Gasteiger partial charge in [-0.25, -0.2) is 13.9 Å². The van der Waals surface area contributed by atoms with E-state index in [2.05, 4.69) is 15.4 Å². The molecule has 1 saturated carbocycles. The molecule has 2 aromatic heterocycles. The number of nitrogens with one attached hydrogen (secondary N) is 1. The number of nitrogens with zero attached hydrogens (tertiary/aromatic N) is 3. The number of rotatable bonds is 5. The van der Waals surface area contributed by atoms with Gasteiger partial charge in [0.15, 0.2) is 11.5 Å². The minimum Gasteiger partial charge on any atom is -0.309 e. The van der Waals surface area contributed by atoms with Crippen molar-refractivity contribution in [3.8, 4) is 11.1 Å². The lowest BCUT2D eigenvalue weighted by Crippen LogP contribution is -2.13. The van der Waals surface area contributed by atoms with Gasteiger partial charge in [0, 0.05) is 18.8 Å². The maximum Gasteiger partial charge on any atom is 0.225 e. The molecule has 0 atom stereocenters. The molecule has 1 N–H and O–H groups in total. The third-order valence-corrected chi connectivity index (χ3v) is 5.35. The summed E-state index contributed by atoms with van der Waals surface area (Å²) in [5, 5.41) is 7.44. The monoisotopic (exact) mass is 366 g/mol. The number of fused-ring (bicyclic) bond motifs is 1. The van der Waals surface area contributed by atoms with Crippen LogP contribution in [-0.2, 0) is 4.79 Å². The van der Waals surface area contributed by atoms with E-state index < -0.39 is 0 Å². The number of amides is 1. The zero-order chi connectivity index (χ0) is 18.8. The fraction of sp³-hybridized carbons (Fsp3) is 0.381. The number of anilines is 1. The van der Waals surface area contributed by atoms with Gasteiger partial charge in [0.2, 0.25) is 5.91 Å². The highest BCUT2D eigenvalue weighted by Gasteiger charge is 2.20. The maximum absolute atomic E-state index is 13.7. The van der Waals surface area contributed by atoms with Crippen molar-refractivity contribution in [1.29, 1.82) is 0 Å². The van der Waals surface area contributed by atoms with Crippen LogP contribution in [0.5, 0.6) is 0 Å². The van der Waals surface area contributed by atoms with Crippen LogP contribution in [0.4, 0.5) is 10.2 Å². The van der Waals surface area contributed by atoms with Crippen LogP contribution >= 0.6 is 0 Å². The van der Waals surface area contributed by atoms with E-state index >= 15 is 0 Å². The summed E-state index contributed by atoms with van der Waals surface area (Å²) in [7, 11) is 0. The minimum absolute atomic E-state index is 0.0367. The molecule has 1 amide bonds. The predicted molar refractivity (Wildman–Crippen MR) is 103 cm³/mol. The summed E-state index contributed by atoms with van der Waals surface area (Å²) in [5.41, 5.74) is 2.68. The Morgan fingerprint density at radius 1 is 1.33 bits per heavy atom. The van der Waals surface area contributed by atoms with Gasteiger partial charge >= 0.3 is 0 Å². The van der Waals surface area contributed by atoms with E-state index in [-0.39, 0.29) is 11.7 Å². The second kappa shape index (κ2) is 7.47. The summed E-state index contributed by atoms with van der Waals surface area (Å²) < 4.78 is 15.3. The van der Waals surface area contributed by atoms with E-state index in [1.807, 2.05) is 0 Å². The summed E-state index contributed by atoms with van der Waals surface area (Å²) in [4.78, 5) is 16.9. The predicted octanol–water partition coefficient (Wildman–Crippen LogP) is 4.75. The standard InChI is InChI=1S/C21H23FN4O/c1-14-13-16(8-9-17(14)22)19-20(25-26-12-4-11-23-21(19)26)24-18(27)10-7-15-5-2-3-6-15/h4,8-9,11-13,15H,2-3,5-7,10H2,1H3,(H,24,25,27). The molecular weight excluding hydrogens is 343 g/mol. The lowest BCUT2D eigenvalue weighted by atomic mass is 10.0. The SMILES string of the molecule is Cc1cc(-c2c(NC(=O)CCC3CCCC3)nn3cccnc23)ccc1F. The van der Waals surface area contributed by atoms with E-state index in [1.165, 1.54) is 31.7 Å². The molecule has 0 aliphatic heterocycles. The number of carbonyl (C=O) groups excluding carboxylic acids is 1. The Kier molecular flexibility index (Phi) is 4.88. The average Bonchev–Trinajstić information content (AvgIpc) is 3.29. The summed E-state index contributed by atoms with van der Waals surface area (Å²) in [6.07, 6.45) is 9.89. The van der Waals surface area contributed by atoms with Crippen LogP contribution in [0.25, 0.3) is 16.8 Å². The Bertz CT molecular complexity index is 975. The first-order valence-corrected chi connectivity index (χ1v) is 9.51. The zero-order valence-electron chi connectivity index (χ0n) is 15.4. The highest BCUT2D eigenvalue weighted by molar-refractivity contribution is 5.97. The molecule has 5 nitrogen and oxygen atoms in total. The smallest absolute Gasteiger partial charge is 0.225 e. The lowest BCUT2D eigenvalue weighted by molar-refractivity contribution is -0.116. The Morgan fingerprint density at radius 3 is 2.93 bits per heavy atom. The van der Waals surface area contributed by atoms with Crippen molar-refractivity contribution in [2.45, 2.75) is 45.4 Å². The maximum atomic E-state index is 13.7. The molecule has 6 heteroatoms. The summed E-state index contributed by atoms with van der Waals surface area (Å²) in [5.74, 6) is 0.838. The van der Waals surface area contributed by atoms with Crippen molar-refractivity contribution in [1.82, 2.24) is 14.6 Å². The second-order valence-corrected chi connectivity index (χ2v) is 7.31. The molecule has 0 spiro atoms. The highest BCUT2D eigenvalue weighted by atomic mass is 19.1. The van der Waals surface area contributed by atoms with E-state index in [9.17, 15) is 9.18 Å². The van der Waals surface area contributed by atoms with Gasteiger partial charge < -0.3 is 5.32 Å². The molecule has 27 heavy (non-hydrogen) atoms. The molecule has 4 rings (SSSR count). The number of aromatic nitrogens is 3. The fourth-order valence-corrected chi connectivity index (χ4v) is 3.87. The molecule has 1 aliphatic rings. The number of halogens is 1. The van der Waals surface area contributed by atoms with Crippen LogP contribution in [-0.4, -0.2) is 20.5 Å². The highest BCUT2D eigenvalue weighted by Crippen LogP contribution is 2.33. The van der Waals surface area contributed by atoms with Crippen LogP contribution in [0.15, 0.2) is 36.7 Å². The first-order chi connectivity index (χ1) is 13.1. The zero-order valence-corrected chi connectivity index (χ0v) is 15.4. The van der Waals surface area contributed by atoms with Gasteiger partial charge in [-0.2, -0.15) is 0 Å². The van der Waals surface area contributed by atoms with Crippen molar-refractivity contribution in [2.24, 2.45) is 5.92 Å². The largest absolute Gasteiger partial charge is 0.309 e. The van der Waals surface area contributed by atoms with Gasteiger partial charge in [0.1, 0.15) is 5.82 Å². The van der Waals surface area contributed by atoms with E-state index in [4.69, 9.17) is 0 Å². The Hall–Kier alpha value is -2.76. The Balaban J connectivity index is 1.63. The quantitative estimate of drug-likeness (QED) is 0.709. The summed E-state index contributed by atoms with van der Waals surface area (Å²) in [6, 6.07) is 6.67. The van der Waals surface area contributed by atoms with Crippen molar-refractivity contribution in [3.63, 3.8) is 0 Å². The number of carbonyl (C=O) groups is 1. The third-order valence-electron chi connectivity index (χ3n) is 5.35. The normalized spacial score (nSPS) is 14.7. The molecule has 3 aromatic rings. The first-order valence-electron chi connectivity index (χ1n) is 9.51. The topological polar surface area (TPSA) is 59.3 Å². The van der Waals surface area contributed by atoms with Gasteiger partial charge in [-0.3, -0.25) is 4.79 Å². The number of hydrogen-bond donors (Lipinski definition) is 1.